The third-order valence-electron chi connectivity index (χ3n) is 7.23. The predicted molar refractivity (Wildman–Crippen MR) is 147 cm³/mol. The molecular formula is C28H28ClN7O3. The summed E-state index contributed by atoms with van der Waals surface area (Å²) >= 11 is 6.21. The molecular weight excluding hydrogens is 518 g/mol. The minimum Gasteiger partial charge on any atom is -0.465 e. The summed E-state index contributed by atoms with van der Waals surface area (Å²) in [5.74, 6) is 1.72. The molecule has 10 nitrogen and oxygen atoms in total. The minimum atomic E-state index is -0.969. The fourth-order valence-electron chi connectivity index (χ4n) is 4.85. The normalized spacial score (nSPS) is 14.9. The van der Waals surface area contributed by atoms with E-state index in [0.29, 0.717) is 31.3 Å². The van der Waals surface area contributed by atoms with Crippen LogP contribution in [0, 0.1) is 6.92 Å². The number of fused-ring (bicyclic) bond motifs is 4. The van der Waals surface area contributed by atoms with Gasteiger partial charge in [-0.05, 0) is 49.6 Å². The molecule has 0 bridgehead atoms. The summed E-state index contributed by atoms with van der Waals surface area (Å²) < 4.78 is 9.56. The zero-order valence-electron chi connectivity index (χ0n) is 21.7. The summed E-state index contributed by atoms with van der Waals surface area (Å²) in [6.07, 6.45) is 4.73. The number of aryl methyl sites for hydroxylation is 1. The zero-order chi connectivity index (χ0) is 27.1. The van der Waals surface area contributed by atoms with Crippen molar-refractivity contribution >= 4 is 23.4 Å². The van der Waals surface area contributed by atoms with E-state index >= 15 is 0 Å². The standard InChI is InChI=1S/C28H28ClN7O3/c1-18-32-33-26-28(9-10-28)31-25(19-3-6-22(29)7-4-19)23-15-20(5-8-24(23)36(18)26)21-16-30-35(17-21)12-14-39-13-11-34(2)27(37)38/h3-8,15-17H,9-14H2,1-2H3,(H,37,38). The highest BCUT2D eigenvalue weighted by atomic mass is 35.5. The number of amides is 1. The predicted octanol–water partition coefficient (Wildman–Crippen LogP) is 4.56. The Kier molecular flexibility index (Phi) is 6.44. The molecule has 1 N–H and O–H groups in total. The molecule has 0 unspecified atom stereocenters. The Balaban J connectivity index is 1.30. The molecule has 0 saturated heterocycles. The van der Waals surface area contributed by atoms with Gasteiger partial charge in [0.25, 0.3) is 0 Å². The van der Waals surface area contributed by atoms with Gasteiger partial charge in [-0.1, -0.05) is 29.8 Å². The summed E-state index contributed by atoms with van der Waals surface area (Å²) in [5.41, 5.74) is 5.55. The van der Waals surface area contributed by atoms with E-state index in [1.165, 1.54) is 11.9 Å². The van der Waals surface area contributed by atoms with Crippen molar-refractivity contribution < 1.29 is 14.6 Å². The maximum absolute atomic E-state index is 10.9. The second-order valence-electron chi connectivity index (χ2n) is 9.95. The van der Waals surface area contributed by atoms with Crippen LogP contribution in [0.25, 0.3) is 16.8 Å². The van der Waals surface area contributed by atoms with Crippen LogP contribution in [0.1, 0.15) is 35.6 Å². The summed E-state index contributed by atoms with van der Waals surface area (Å²) in [4.78, 5) is 17.4. The molecule has 0 radical (unpaired) electrons. The number of likely N-dealkylation sites (N-methyl/N-ethyl adjacent to an activating group) is 1. The number of aromatic nitrogens is 5. The molecule has 3 heterocycles. The summed E-state index contributed by atoms with van der Waals surface area (Å²) in [5, 5.41) is 23.1. The number of benzene rings is 2. The lowest BCUT2D eigenvalue weighted by atomic mass is 9.96. The van der Waals surface area contributed by atoms with Gasteiger partial charge in [0.2, 0.25) is 0 Å². The molecule has 1 aliphatic carbocycles. The number of nitrogens with zero attached hydrogens (tertiary/aromatic N) is 7. The molecule has 0 atom stereocenters. The monoisotopic (exact) mass is 545 g/mol. The molecule has 4 aromatic rings. The zero-order valence-corrected chi connectivity index (χ0v) is 22.5. The molecule has 2 aliphatic rings. The van der Waals surface area contributed by atoms with E-state index in [1.807, 2.05) is 48.3 Å². The van der Waals surface area contributed by atoms with Gasteiger partial charge in [-0.2, -0.15) is 5.10 Å². The fourth-order valence-corrected chi connectivity index (χ4v) is 4.98. The second kappa shape index (κ2) is 9.94. The summed E-state index contributed by atoms with van der Waals surface area (Å²) in [7, 11) is 1.52. The van der Waals surface area contributed by atoms with Crippen LogP contribution >= 0.6 is 11.6 Å². The first-order chi connectivity index (χ1) is 18.8. The number of aliphatic imine (C=N–C) groups is 1. The number of hydrogen-bond donors (Lipinski definition) is 1. The van der Waals surface area contributed by atoms with Crippen molar-refractivity contribution in [1.29, 1.82) is 0 Å². The smallest absolute Gasteiger partial charge is 0.407 e. The Bertz CT molecular complexity index is 1570. The highest BCUT2D eigenvalue weighted by Crippen LogP contribution is 2.51. The number of carbonyl (C=O) groups is 1. The quantitative estimate of drug-likeness (QED) is 0.325. The van der Waals surface area contributed by atoms with Crippen molar-refractivity contribution in [2.24, 2.45) is 4.99 Å². The molecule has 2 aromatic carbocycles. The maximum atomic E-state index is 10.9. The van der Waals surface area contributed by atoms with Crippen LogP contribution in [-0.2, 0) is 16.8 Å². The Hall–Kier alpha value is -4.02. The molecule has 1 spiro atoms. The van der Waals surface area contributed by atoms with Gasteiger partial charge in [0.05, 0.1) is 37.4 Å². The maximum Gasteiger partial charge on any atom is 0.407 e. The highest BCUT2D eigenvalue weighted by Gasteiger charge is 2.51. The summed E-state index contributed by atoms with van der Waals surface area (Å²) in [6.45, 7) is 3.63. The molecule has 1 amide bonds. The van der Waals surface area contributed by atoms with Crippen molar-refractivity contribution in [3.63, 3.8) is 0 Å². The van der Waals surface area contributed by atoms with Gasteiger partial charge in [-0.15, -0.1) is 10.2 Å². The Morgan fingerprint density at radius 2 is 1.87 bits per heavy atom. The van der Waals surface area contributed by atoms with Gasteiger partial charge in [-0.25, -0.2) is 4.79 Å². The van der Waals surface area contributed by atoms with Crippen LogP contribution in [0.5, 0.6) is 0 Å². The number of hydrogen-bond acceptors (Lipinski definition) is 6. The van der Waals surface area contributed by atoms with Crippen molar-refractivity contribution in [3.8, 4) is 16.8 Å². The van der Waals surface area contributed by atoms with Crippen LogP contribution in [0.4, 0.5) is 4.79 Å². The van der Waals surface area contributed by atoms with E-state index < -0.39 is 6.09 Å². The van der Waals surface area contributed by atoms with E-state index in [4.69, 9.17) is 26.4 Å². The van der Waals surface area contributed by atoms with Crippen molar-refractivity contribution in [2.75, 3.05) is 26.8 Å². The van der Waals surface area contributed by atoms with Crippen LogP contribution in [0.15, 0.2) is 59.9 Å². The molecule has 200 valence electrons. The average Bonchev–Trinajstić information content (AvgIpc) is 3.40. The lowest BCUT2D eigenvalue weighted by Crippen LogP contribution is -2.28. The molecule has 1 saturated carbocycles. The van der Waals surface area contributed by atoms with Crippen LogP contribution in [-0.4, -0.2) is 73.2 Å². The Labute approximate surface area is 230 Å². The van der Waals surface area contributed by atoms with E-state index in [0.717, 1.165) is 58.1 Å². The summed E-state index contributed by atoms with van der Waals surface area (Å²) in [6, 6.07) is 14.2. The van der Waals surface area contributed by atoms with Crippen LogP contribution in [0.3, 0.4) is 0 Å². The molecule has 11 heteroatoms. The number of halogens is 1. The van der Waals surface area contributed by atoms with E-state index in [2.05, 4.69) is 38.1 Å². The van der Waals surface area contributed by atoms with Crippen LogP contribution < -0.4 is 0 Å². The highest BCUT2D eigenvalue weighted by molar-refractivity contribution is 6.30. The lowest BCUT2D eigenvalue weighted by Gasteiger charge is -2.14. The van der Waals surface area contributed by atoms with Crippen molar-refractivity contribution in [2.45, 2.75) is 31.8 Å². The third-order valence-corrected chi connectivity index (χ3v) is 7.48. The fraction of sp³-hybridized carbons (Fsp3) is 0.321. The van der Waals surface area contributed by atoms with Gasteiger partial charge >= 0.3 is 6.09 Å². The topological polar surface area (TPSA) is 111 Å². The second-order valence-corrected chi connectivity index (χ2v) is 10.4. The van der Waals surface area contributed by atoms with Crippen molar-refractivity contribution in [1.82, 2.24) is 29.4 Å². The molecule has 1 aliphatic heterocycles. The Morgan fingerprint density at radius 1 is 1.10 bits per heavy atom. The first-order valence-corrected chi connectivity index (χ1v) is 13.2. The Morgan fingerprint density at radius 3 is 2.62 bits per heavy atom. The largest absolute Gasteiger partial charge is 0.465 e. The molecule has 1 fully saturated rings. The van der Waals surface area contributed by atoms with Gasteiger partial charge in [0.1, 0.15) is 11.4 Å². The van der Waals surface area contributed by atoms with Crippen LogP contribution in [0.2, 0.25) is 5.02 Å². The van der Waals surface area contributed by atoms with Gasteiger partial charge in [-0.3, -0.25) is 14.2 Å². The van der Waals surface area contributed by atoms with E-state index in [9.17, 15) is 4.79 Å². The number of carboxylic acid groups (broad SMARTS) is 1. The molecule has 6 rings (SSSR count). The van der Waals surface area contributed by atoms with Gasteiger partial charge in [0, 0.05) is 41.5 Å². The number of rotatable bonds is 8. The minimum absolute atomic E-state index is 0.321. The van der Waals surface area contributed by atoms with Gasteiger partial charge < -0.3 is 14.7 Å². The first kappa shape index (κ1) is 25.3. The average molecular weight is 546 g/mol. The van der Waals surface area contributed by atoms with E-state index in [1.54, 1.807) is 0 Å². The van der Waals surface area contributed by atoms with E-state index in [-0.39, 0.29) is 5.54 Å². The van der Waals surface area contributed by atoms with Gasteiger partial charge in [0.15, 0.2) is 5.82 Å². The lowest BCUT2D eigenvalue weighted by molar-refractivity contribution is 0.0964. The first-order valence-electron chi connectivity index (χ1n) is 12.8. The SMILES string of the molecule is Cc1nnc2n1-c1ccc(-c3cnn(CCOCCN(C)C(=O)O)c3)cc1C(c1ccc(Cl)cc1)=NC21CC1. The molecule has 39 heavy (non-hydrogen) atoms. The number of ether oxygens (including phenoxy) is 1. The van der Waals surface area contributed by atoms with Crippen molar-refractivity contribution in [3.05, 3.63) is 82.7 Å². The molecule has 2 aromatic heterocycles. The third kappa shape index (κ3) is 4.81.